The summed E-state index contributed by atoms with van der Waals surface area (Å²) in [5, 5.41) is 0. The fourth-order valence-corrected chi connectivity index (χ4v) is 2.21. The first-order valence-electron chi connectivity index (χ1n) is 5.30. The van der Waals surface area contributed by atoms with Gasteiger partial charge in [-0.2, -0.15) is 0 Å². The molecule has 1 atom stereocenters. The lowest BCUT2D eigenvalue weighted by Crippen LogP contribution is -2.44. The van der Waals surface area contributed by atoms with Gasteiger partial charge in [0.25, 0.3) is 0 Å². The molecule has 0 bridgehead atoms. The molecule has 0 radical (unpaired) electrons. The van der Waals surface area contributed by atoms with Gasteiger partial charge in [-0.05, 0) is 32.3 Å². The van der Waals surface area contributed by atoms with Crippen LogP contribution in [0.25, 0.3) is 0 Å². The Morgan fingerprint density at radius 2 is 2.21 bits per heavy atom. The molecule has 0 aromatic heterocycles. The van der Waals surface area contributed by atoms with Crippen molar-refractivity contribution in [2.24, 2.45) is 5.92 Å². The van der Waals surface area contributed by atoms with E-state index in [2.05, 4.69) is 44.9 Å². The lowest BCUT2D eigenvalue weighted by Gasteiger charge is -2.42. The number of likely N-dealkylation sites (N-methyl/N-ethyl adjacent to an activating group) is 1. The topological polar surface area (TPSA) is 12.5 Å². The van der Waals surface area contributed by atoms with Gasteiger partial charge < -0.3 is 9.64 Å². The second-order valence-electron chi connectivity index (χ2n) is 5.05. The van der Waals surface area contributed by atoms with Gasteiger partial charge in [0, 0.05) is 7.05 Å². The Balaban J connectivity index is 2.28. The van der Waals surface area contributed by atoms with Gasteiger partial charge in [-0.15, -0.1) is 0 Å². The summed E-state index contributed by atoms with van der Waals surface area (Å²) < 4.78 is 5.95. The van der Waals surface area contributed by atoms with Gasteiger partial charge in [0.15, 0.2) is 0 Å². The first-order valence-corrected chi connectivity index (χ1v) is 5.30. The molecule has 0 spiro atoms. The van der Waals surface area contributed by atoms with Crippen molar-refractivity contribution in [3.8, 4) is 0 Å². The average Bonchev–Trinajstić information content (AvgIpc) is 2.05. The van der Waals surface area contributed by atoms with Crippen molar-refractivity contribution >= 4 is 0 Å². The van der Waals surface area contributed by atoms with Crippen LogP contribution in [0.15, 0.2) is 23.6 Å². The number of nitrogens with zero attached hydrogens (tertiary/aromatic N) is 1. The lowest BCUT2D eigenvalue weighted by atomic mass is 9.96. The standard InChI is InChI=1S/C12H19NO/c1-9-5-6-11-10(7-9)13(4)8-12(2,3)14-11/h6-7,9H,5,8H2,1-4H3. The van der Waals surface area contributed by atoms with E-state index in [9.17, 15) is 0 Å². The number of ether oxygens (including phenoxy) is 1. The Bertz CT molecular complexity index is 301. The molecule has 0 amide bonds. The maximum Gasteiger partial charge on any atom is 0.139 e. The van der Waals surface area contributed by atoms with Crippen molar-refractivity contribution in [3.05, 3.63) is 23.6 Å². The summed E-state index contributed by atoms with van der Waals surface area (Å²) in [6.45, 7) is 7.48. The molecule has 1 unspecified atom stereocenters. The summed E-state index contributed by atoms with van der Waals surface area (Å²) in [6, 6.07) is 0. The molecule has 2 rings (SSSR count). The van der Waals surface area contributed by atoms with E-state index in [0.717, 1.165) is 18.7 Å². The summed E-state index contributed by atoms with van der Waals surface area (Å²) in [7, 11) is 2.14. The zero-order valence-corrected chi connectivity index (χ0v) is 9.50. The normalized spacial score (nSPS) is 30.0. The molecule has 0 aromatic carbocycles. The summed E-state index contributed by atoms with van der Waals surface area (Å²) in [5.74, 6) is 1.71. The monoisotopic (exact) mass is 193 g/mol. The molecule has 1 heterocycles. The van der Waals surface area contributed by atoms with E-state index in [1.165, 1.54) is 5.70 Å². The summed E-state index contributed by atoms with van der Waals surface area (Å²) in [6.07, 6.45) is 5.63. The van der Waals surface area contributed by atoms with Crippen LogP contribution in [0.2, 0.25) is 0 Å². The second kappa shape index (κ2) is 3.04. The Kier molecular flexibility index (Phi) is 2.09. The number of rotatable bonds is 0. The lowest BCUT2D eigenvalue weighted by molar-refractivity contribution is -0.0150. The van der Waals surface area contributed by atoms with E-state index < -0.39 is 0 Å². The van der Waals surface area contributed by atoms with Crippen LogP contribution in [0.5, 0.6) is 0 Å². The second-order valence-corrected chi connectivity index (χ2v) is 5.05. The minimum atomic E-state index is -0.0570. The smallest absolute Gasteiger partial charge is 0.139 e. The van der Waals surface area contributed by atoms with Crippen molar-refractivity contribution in [2.75, 3.05) is 13.6 Å². The predicted molar refractivity (Wildman–Crippen MR) is 57.7 cm³/mol. The van der Waals surface area contributed by atoms with E-state index in [-0.39, 0.29) is 5.60 Å². The largest absolute Gasteiger partial charge is 0.484 e. The maximum absolute atomic E-state index is 5.95. The van der Waals surface area contributed by atoms with Gasteiger partial charge in [0.05, 0.1) is 12.2 Å². The molecule has 2 aliphatic rings. The third-order valence-corrected chi connectivity index (χ3v) is 2.79. The highest BCUT2D eigenvalue weighted by Crippen LogP contribution is 2.34. The van der Waals surface area contributed by atoms with Gasteiger partial charge in [-0.3, -0.25) is 0 Å². The van der Waals surface area contributed by atoms with Gasteiger partial charge in [-0.25, -0.2) is 0 Å². The molecule has 1 aliphatic heterocycles. The Labute approximate surface area is 86.2 Å². The minimum absolute atomic E-state index is 0.0570. The molecule has 0 aromatic rings. The van der Waals surface area contributed by atoms with Crippen molar-refractivity contribution < 1.29 is 4.74 Å². The molecule has 2 nitrogen and oxygen atoms in total. The highest BCUT2D eigenvalue weighted by molar-refractivity contribution is 5.31. The number of fused-ring (bicyclic) bond motifs is 1. The highest BCUT2D eigenvalue weighted by Gasteiger charge is 2.33. The van der Waals surface area contributed by atoms with Crippen LogP contribution in [0.4, 0.5) is 0 Å². The van der Waals surface area contributed by atoms with Crippen LogP contribution in [-0.4, -0.2) is 24.1 Å². The Hall–Kier alpha value is -0.920. The van der Waals surface area contributed by atoms with Crippen LogP contribution >= 0.6 is 0 Å². The SMILES string of the molecule is CC1C=C2C(=CC1)OC(C)(C)CN2C. The van der Waals surface area contributed by atoms with E-state index >= 15 is 0 Å². The van der Waals surface area contributed by atoms with Crippen molar-refractivity contribution in [1.29, 1.82) is 0 Å². The van der Waals surface area contributed by atoms with Crippen LogP contribution < -0.4 is 0 Å². The van der Waals surface area contributed by atoms with Gasteiger partial charge >= 0.3 is 0 Å². The maximum atomic E-state index is 5.95. The Morgan fingerprint density at radius 1 is 1.50 bits per heavy atom. The van der Waals surface area contributed by atoms with Crippen molar-refractivity contribution in [1.82, 2.24) is 4.90 Å². The molecule has 0 N–H and O–H groups in total. The summed E-state index contributed by atoms with van der Waals surface area (Å²) in [4.78, 5) is 2.30. The fourth-order valence-electron chi connectivity index (χ4n) is 2.21. The third kappa shape index (κ3) is 1.66. The first kappa shape index (κ1) is 9.63. The molecule has 2 heteroatoms. The number of allylic oxidation sites excluding steroid dienone is 2. The molecule has 1 aliphatic carbocycles. The van der Waals surface area contributed by atoms with E-state index in [1.54, 1.807) is 0 Å². The third-order valence-electron chi connectivity index (χ3n) is 2.79. The predicted octanol–water partition coefficient (Wildman–Crippen LogP) is 2.53. The van der Waals surface area contributed by atoms with Crippen LogP contribution in [0.3, 0.4) is 0 Å². The highest BCUT2D eigenvalue weighted by atomic mass is 16.5. The van der Waals surface area contributed by atoms with Crippen LogP contribution in [0.1, 0.15) is 27.2 Å². The average molecular weight is 193 g/mol. The fraction of sp³-hybridized carbons (Fsp3) is 0.667. The summed E-state index contributed by atoms with van der Waals surface area (Å²) >= 11 is 0. The Morgan fingerprint density at radius 3 is 2.93 bits per heavy atom. The molecule has 0 saturated carbocycles. The van der Waals surface area contributed by atoms with Crippen molar-refractivity contribution in [2.45, 2.75) is 32.8 Å². The first-order chi connectivity index (χ1) is 6.48. The van der Waals surface area contributed by atoms with Crippen LogP contribution in [-0.2, 0) is 4.74 Å². The quantitative estimate of drug-likeness (QED) is 0.586. The van der Waals surface area contributed by atoms with E-state index in [0.29, 0.717) is 5.92 Å². The van der Waals surface area contributed by atoms with Crippen molar-refractivity contribution in [3.63, 3.8) is 0 Å². The van der Waals surface area contributed by atoms with E-state index in [4.69, 9.17) is 4.74 Å². The number of hydrogen-bond acceptors (Lipinski definition) is 2. The van der Waals surface area contributed by atoms with E-state index in [1.807, 2.05) is 0 Å². The summed E-state index contributed by atoms with van der Waals surface area (Å²) in [5.41, 5.74) is 1.21. The number of morpholine rings is 1. The van der Waals surface area contributed by atoms with Gasteiger partial charge in [-0.1, -0.05) is 13.0 Å². The molecular weight excluding hydrogens is 174 g/mol. The minimum Gasteiger partial charge on any atom is -0.484 e. The molecule has 1 saturated heterocycles. The van der Waals surface area contributed by atoms with Gasteiger partial charge in [0.1, 0.15) is 11.4 Å². The zero-order chi connectivity index (χ0) is 10.3. The molecular formula is C12H19NO. The zero-order valence-electron chi connectivity index (χ0n) is 9.50. The van der Waals surface area contributed by atoms with Gasteiger partial charge in [0.2, 0.25) is 0 Å². The molecule has 1 fully saturated rings. The molecule has 78 valence electrons. The molecule has 14 heavy (non-hydrogen) atoms. The number of hydrogen-bond donors (Lipinski definition) is 0. The van der Waals surface area contributed by atoms with Crippen LogP contribution in [0, 0.1) is 5.92 Å².